The van der Waals surface area contributed by atoms with Gasteiger partial charge in [0, 0.05) is 49.5 Å². The van der Waals surface area contributed by atoms with Gasteiger partial charge in [0.15, 0.2) is 0 Å². The molecule has 0 radical (unpaired) electrons. The molecule has 0 N–H and O–H groups in total. The van der Waals surface area contributed by atoms with Crippen molar-refractivity contribution in [2.45, 2.75) is 25.9 Å². The van der Waals surface area contributed by atoms with Crippen molar-refractivity contribution < 1.29 is 28.7 Å². The van der Waals surface area contributed by atoms with Gasteiger partial charge in [-0.15, -0.1) is 0 Å². The Balaban J connectivity index is 2.73. The predicted octanol–water partition coefficient (Wildman–Crippen LogP) is -0.107. The topological polar surface area (TPSA) is 93.2 Å². The Morgan fingerprint density at radius 1 is 0.750 bits per heavy atom. The van der Waals surface area contributed by atoms with Crippen LogP contribution >= 0.6 is 0 Å². The Hall–Kier alpha value is -2.64. The molecule has 1 heterocycles. The van der Waals surface area contributed by atoms with E-state index >= 15 is 0 Å². The highest BCUT2D eigenvalue weighted by molar-refractivity contribution is 5.96. The average molecular weight is 338 g/mol. The summed E-state index contributed by atoms with van der Waals surface area (Å²) in [5, 5.41) is 0. The lowest BCUT2D eigenvalue weighted by Crippen LogP contribution is -2.59. The maximum absolute atomic E-state index is 12.2. The van der Waals surface area contributed by atoms with Crippen LogP contribution in [-0.4, -0.2) is 72.9 Å². The number of rotatable bonds is 4. The molecule has 1 saturated heterocycles. The zero-order chi connectivity index (χ0) is 18.3. The molecule has 1 aliphatic heterocycles. The van der Waals surface area contributed by atoms with Crippen molar-refractivity contribution >= 4 is 23.8 Å². The van der Waals surface area contributed by atoms with Crippen LogP contribution in [0.25, 0.3) is 0 Å². The Morgan fingerprint density at radius 2 is 1.08 bits per heavy atom. The first-order valence-electron chi connectivity index (χ1n) is 7.43. The van der Waals surface area contributed by atoms with Gasteiger partial charge in [-0.2, -0.15) is 0 Å². The minimum atomic E-state index is -0.606. The fourth-order valence-corrected chi connectivity index (χ4v) is 2.35. The van der Waals surface area contributed by atoms with Crippen LogP contribution in [0.2, 0.25) is 0 Å². The molecule has 2 amide bonds. The van der Waals surface area contributed by atoms with E-state index in [0.717, 1.165) is 24.3 Å². The van der Waals surface area contributed by atoms with Crippen LogP contribution in [-0.2, 0) is 28.7 Å². The van der Waals surface area contributed by atoms with Gasteiger partial charge >= 0.3 is 11.9 Å². The summed E-state index contributed by atoms with van der Waals surface area (Å²) in [7, 11) is 2.46. The number of esters is 2. The third-order valence-electron chi connectivity index (χ3n) is 3.68. The molecule has 0 aromatic heterocycles. The molecule has 1 rings (SSSR count). The maximum Gasteiger partial charge on any atom is 0.330 e. The van der Waals surface area contributed by atoms with E-state index < -0.39 is 11.9 Å². The molecule has 132 valence electrons. The number of carbonyl (C=O) groups is 4. The number of ether oxygens (including phenoxy) is 2. The summed E-state index contributed by atoms with van der Waals surface area (Å²) in [6, 6.07) is -0.460. The molecule has 2 unspecified atom stereocenters. The van der Waals surface area contributed by atoms with E-state index in [2.05, 4.69) is 9.47 Å². The first kappa shape index (κ1) is 19.4. The summed E-state index contributed by atoms with van der Waals surface area (Å²) in [5.41, 5.74) is 0. The molecule has 24 heavy (non-hydrogen) atoms. The fourth-order valence-electron chi connectivity index (χ4n) is 2.35. The van der Waals surface area contributed by atoms with Crippen LogP contribution in [0.15, 0.2) is 24.3 Å². The van der Waals surface area contributed by atoms with Crippen LogP contribution in [0.1, 0.15) is 13.8 Å². The third-order valence-corrected chi connectivity index (χ3v) is 3.68. The largest absolute Gasteiger partial charge is 0.466 e. The lowest BCUT2D eigenvalue weighted by Gasteiger charge is -2.43. The highest BCUT2D eigenvalue weighted by atomic mass is 16.5. The standard InChI is InChI=1S/C16H22N2O6/c1-11-9-18(14(20)6-8-16(22)24-4)12(2)10-17(11)13(19)5-7-15(21)23-3/h5-8,11-12H,9-10H2,1-4H3. The van der Waals surface area contributed by atoms with E-state index in [1.807, 2.05) is 0 Å². The zero-order valence-corrected chi connectivity index (χ0v) is 14.2. The van der Waals surface area contributed by atoms with Gasteiger partial charge in [-0.25, -0.2) is 9.59 Å². The van der Waals surface area contributed by atoms with Crippen LogP contribution in [0, 0.1) is 0 Å². The molecule has 1 aliphatic rings. The molecule has 0 bridgehead atoms. The van der Waals surface area contributed by atoms with E-state index in [-0.39, 0.29) is 23.9 Å². The van der Waals surface area contributed by atoms with Gasteiger partial charge < -0.3 is 19.3 Å². The van der Waals surface area contributed by atoms with Crippen molar-refractivity contribution in [3.8, 4) is 0 Å². The van der Waals surface area contributed by atoms with Crippen LogP contribution in [0.3, 0.4) is 0 Å². The summed E-state index contributed by atoms with van der Waals surface area (Å²) in [5.74, 6) is -1.86. The molecular weight excluding hydrogens is 316 g/mol. The monoisotopic (exact) mass is 338 g/mol. The number of nitrogens with zero attached hydrogens (tertiary/aromatic N) is 2. The first-order valence-corrected chi connectivity index (χ1v) is 7.43. The maximum atomic E-state index is 12.2. The second-order valence-electron chi connectivity index (χ2n) is 5.39. The molecule has 2 atom stereocenters. The Morgan fingerprint density at radius 3 is 1.38 bits per heavy atom. The molecule has 0 saturated carbocycles. The van der Waals surface area contributed by atoms with E-state index in [4.69, 9.17) is 0 Å². The summed E-state index contributed by atoms with van der Waals surface area (Å²) in [6.07, 6.45) is 4.44. The van der Waals surface area contributed by atoms with Gasteiger partial charge in [-0.1, -0.05) is 0 Å². The van der Waals surface area contributed by atoms with Crippen molar-refractivity contribution in [3.05, 3.63) is 24.3 Å². The molecule has 1 fully saturated rings. The number of amides is 2. The quantitative estimate of drug-likeness (QED) is 0.525. The van der Waals surface area contributed by atoms with Crippen molar-refractivity contribution in [2.75, 3.05) is 27.3 Å². The molecule has 0 aromatic rings. The second-order valence-corrected chi connectivity index (χ2v) is 5.39. The highest BCUT2D eigenvalue weighted by Crippen LogP contribution is 2.16. The van der Waals surface area contributed by atoms with Gasteiger partial charge in [-0.05, 0) is 13.8 Å². The van der Waals surface area contributed by atoms with Gasteiger partial charge in [0.2, 0.25) is 11.8 Å². The van der Waals surface area contributed by atoms with Crippen molar-refractivity contribution in [1.82, 2.24) is 9.80 Å². The Kier molecular flexibility index (Phi) is 7.16. The van der Waals surface area contributed by atoms with Crippen LogP contribution < -0.4 is 0 Å². The number of methoxy groups -OCH3 is 2. The summed E-state index contributed by atoms with van der Waals surface area (Å²) in [6.45, 7) is 4.26. The Labute approximate surface area is 140 Å². The third kappa shape index (κ3) is 5.22. The Bertz CT molecular complexity index is 519. The predicted molar refractivity (Wildman–Crippen MR) is 84.7 cm³/mol. The molecule has 8 nitrogen and oxygen atoms in total. The van der Waals surface area contributed by atoms with E-state index in [1.54, 1.807) is 23.6 Å². The lowest BCUT2D eigenvalue weighted by molar-refractivity contribution is -0.140. The van der Waals surface area contributed by atoms with Crippen LogP contribution in [0.4, 0.5) is 0 Å². The number of hydrogen-bond acceptors (Lipinski definition) is 6. The van der Waals surface area contributed by atoms with E-state index in [1.165, 1.54) is 14.2 Å². The number of hydrogen-bond donors (Lipinski definition) is 0. The van der Waals surface area contributed by atoms with Crippen molar-refractivity contribution in [2.24, 2.45) is 0 Å². The SMILES string of the molecule is COC(=O)C=CC(=O)N1CC(C)N(C(=O)C=CC(=O)OC)CC1C. The first-order chi connectivity index (χ1) is 11.3. The molecule has 8 heteroatoms. The lowest BCUT2D eigenvalue weighted by atomic mass is 10.1. The minimum absolute atomic E-state index is 0.230. The molecule has 0 spiro atoms. The van der Waals surface area contributed by atoms with Gasteiger partial charge in [0.05, 0.1) is 14.2 Å². The highest BCUT2D eigenvalue weighted by Gasteiger charge is 2.32. The van der Waals surface area contributed by atoms with E-state index in [0.29, 0.717) is 13.1 Å². The summed E-state index contributed by atoms with van der Waals surface area (Å²) >= 11 is 0. The second kappa shape index (κ2) is 8.85. The molecule has 0 aliphatic carbocycles. The number of piperazine rings is 1. The summed E-state index contributed by atoms with van der Waals surface area (Å²) in [4.78, 5) is 49.6. The van der Waals surface area contributed by atoms with Crippen molar-refractivity contribution in [1.29, 1.82) is 0 Å². The zero-order valence-electron chi connectivity index (χ0n) is 14.2. The minimum Gasteiger partial charge on any atom is -0.466 e. The van der Waals surface area contributed by atoms with Crippen LogP contribution in [0.5, 0.6) is 0 Å². The molecule has 0 aromatic carbocycles. The smallest absolute Gasteiger partial charge is 0.330 e. The normalized spacial score (nSPS) is 21.2. The summed E-state index contributed by atoms with van der Waals surface area (Å²) < 4.78 is 8.89. The molecular formula is C16H22N2O6. The van der Waals surface area contributed by atoms with Gasteiger partial charge in [0.1, 0.15) is 0 Å². The van der Waals surface area contributed by atoms with Gasteiger partial charge in [-0.3, -0.25) is 9.59 Å². The van der Waals surface area contributed by atoms with Gasteiger partial charge in [0.25, 0.3) is 0 Å². The van der Waals surface area contributed by atoms with E-state index in [9.17, 15) is 19.2 Å². The number of carbonyl (C=O) groups excluding carboxylic acids is 4. The fraction of sp³-hybridized carbons (Fsp3) is 0.500. The van der Waals surface area contributed by atoms with Crippen molar-refractivity contribution in [3.63, 3.8) is 0 Å². The average Bonchev–Trinajstić information content (AvgIpc) is 2.58.